The van der Waals surface area contributed by atoms with Crippen LogP contribution in [0.4, 0.5) is 0 Å². The van der Waals surface area contributed by atoms with E-state index in [-0.39, 0.29) is 43.0 Å². The summed E-state index contributed by atoms with van der Waals surface area (Å²) >= 11 is 0. The van der Waals surface area contributed by atoms with E-state index in [1.807, 2.05) is 0 Å². The third-order valence-corrected chi connectivity index (χ3v) is 7.34. The summed E-state index contributed by atoms with van der Waals surface area (Å²) < 4.78 is 39.0. The first-order valence-corrected chi connectivity index (χ1v) is 16.2. The lowest BCUT2D eigenvalue weighted by molar-refractivity contribution is -0.288. The number of rotatable bonds is 15. The van der Waals surface area contributed by atoms with E-state index in [2.05, 4.69) is 22.5 Å². The van der Waals surface area contributed by atoms with Gasteiger partial charge in [0.15, 0.2) is 12.2 Å². The van der Waals surface area contributed by atoms with Crippen molar-refractivity contribution in [2.45, 2.75) is 103 Å². The van der Waals surface area contributed by atoms with E-state index in [1.165, 1.54) is 18.2 Å². The number of ether oxygens (including phenoxy) is 7. The average Bonchev–Trinajstić information content (AvgIpc) is 3.03. The Balaban J connectivity index is 1.77. The number of carbonyl (C=O) groups excluding carboxylic acids is 6. The summed E-state index contributed by atoms with van der Waals surface area (Å²) in [6.07, 6.45) is -2.93. The molecular formula is C34H44N2O14. The van der Waals surface area contributed by atoms with Crippen LogP contribution in [0.3, 0.4) is 0 Å². The summed E-state index contributed by atoms with van der Waals surface area (Å²) in [5.74, 6) is 1.82. The molecule has 0 aromatic heterocycles. The first-order valence-electron chi connectivity index (χ1n) is 16.2. The van der Waals surface area contributed by atoms with Crippen molar-refractivity contribution >= 4 is 35.7 Å². The van der Waals surface area contributed by atoms with Crippen molar-refractivity contribution in [2.75, 3.05) is 26.3 Å². The first-order chi connectivity index (χ1) is 23.9. The molecule has 0 bridgehead atoms. The molecule has 1 unspecified atom stereocenters. The van der Waals surface area contributed by atoms with Crippen molar-refractivity contribution in [1.82, 2.24) is 10.6 Å². The van der Waals surface area contributed by atoms with Gasteiger partial charge in [-0.3, -0.25) is 28.8 Å². The zero-order valence-corrected chi connectivity index (χ0v) is 28.5. The highest BCUT2D eigenvalue weighted by Crippen LogP contribution is 2.32. The van der Waals surface area contributed by atoms with Crippen molar-refractivity contribution in [3.05, 3.63) is 29.3 Å². The van der Waals surface area contributed by atoms with Crippen molar-refractivity contribution in [3.8, 4) is 17.6 Å². The van der Waals surface area contributed by atoms with Gasteiger partial charge in [0.25, 0.3) is 5.91 Å². The van der Waals surface area contributed by atoms with Crippen molar-refractivity contribution in [2.24, 2.45) is 0 Å². The molecule has 1 aromatic carbocycles. The number of aliphatic hydroxyl groups excluding tert-OH is 1. The van der Waals surface area contributed by atoms with E-state index in [1.54, 1.807) is 0 Å². The van der Waals surface area contributed by atoms with Gasteiger partial charge < -0.3 is 48.9 Å². The van der Waals surface area contributed by atoms with Crippen LogP contribution < -0.4 is 15.4 Å². The van der Waals surface area contributed by atoms with Crippen LogP contribution in [-0.2, 0) is 59.0 Å². The lowest BCUT2D eigenvalue weighted by Crippen LogP contribution is -2.63. The summed E-state index contributed by atoms with van der Waals surface area (Å²) in [4.78, 5) is 73.7. The van der Waals surface area contributed by atoms with Crippen LogP contribution in [-0.4, -0.2) is 104 Å². The Hall–Kier alpha value is -4.72. The summed E-state index contributed by atoms with van der Waals surface area (Å²) in [6.45, 7) is 3.42. The SMILES string of the molecule is CC(=O)OC[C@H]1O[C@@H](Oc2ccc(CO)cc2C(=O)NCCNC(=O)COC2C#CCCCCC2)[C@H](OC(C)=O)[C@@H](OC(C)=O)[C@@H]1OC(C)=O. The highest BCUT2D eigenvalue weighted by Gasteiger charge is 2.53. The molecule has 16 nitrogen and oxygen atoms in total. The second kappa shape index (κ2) is 20.1. The molecule has 0 saturated carbocycles. The summed E-state index contributed by atoms with van der Waals surface area (Å²) in [5, 5.41) is 15.1. The number of nitrogens with one attached hydrogen (secondary N) is 2. The van der Waals surface area contributed by atoms with Gasteiger partial charge in [0.05, 0.1) is 12.2 Å². The molecule has 2 amide bonds. The van der Waals surface area contributed by atoms with E-state index in [0.717, 1.165) is 59.8 Å². The highest BCUT2D eigenvalue weighted by atomic mass is 16.7. The fourth-order valence-corrected chi connectivity index (χ4v) is 5.17. The molecular weight excluding hydrogens is 660 g/mol. The van der Waals surface area contributed by atoms with Crippen molar-refractivity contribution in [1.29, 1.82) is 0 Å². The number of esters is 4. The molecule has 1 saturated heterocycles. The van der Waals surface area contributed by atoms with Crippen LogP contribution in [0.1, 0.15) is 75.7 Å². The molecule has 1 heterocycles. The summed E-state index contributed by atoms with van der Waals surface area (Å²) in [6, 6.07) is 4.20. The van der Waals surface area contributed by atoms with E-state index in [9.17, 15) is 33.9 Å². The molecule has 1 aromatic rings. The van der Waals surface area contributed by atoms with Gasteiger partial charge in [0.1, 0.15) is 31.2 Å². The Morgan fingerprint density at radius 2 is 1.54 bits per heavy atom. The fourth-order valence-electron chi connectivity index (χ4n) is 5.17. The minimum atomic E-state index is -1.59. The van der Waals surface area contributed by atoms with Gasteiger partial charge in [-0.1, -0.05) is 18.4 Å². The predicted octanol–water partition coefficient (Wildman–Crippen LogP) is 0.840. The number of hydrogen-bond acceptors (Lipinski definition) is 14. The third kappa shape index (κ3) is 13.0. The maximum absolute atomic E-state index is 13.4. The summed E-state index contributed by atoms with van der Waals surface area (Å²) in [5.41, 5.74) is 0.286. The predicted molar refractivity (Wildman–Crippen MR) is 171 cm³/mol. The van der Waals surface area contributed by atoms with Crippen LogP contribution in [0.5, 0.6) is 5.75 Å². The van der Waals surface area contributed by atoms with E-state index >= 15 is 0 Å². The van der Waals surface area contributed by atoms with E-state index in [0.29, 0.717) is 5.56 Å². The van der Waals surface area contributed by atoms with Gasteiger partial charge in [-0.2, -0.15) is 0 Å². The maximum Gasteiger partial charge on any atom is 0.303 e. The van der Waals surface area contributed by atoms with Gasteiger partial charge >= 0.3 is 23.9 Å². The Morgan fingerprint density at radius 3 is 2.22 bits per heavy atom. The first kappa shape index (κ1) is 39.7. The minimum Gasteiger partial charge on any atom is -0.463 e. The van der Waals surface area contributed by atoms with Gasteiger partial charge in [0.2, 0.25) is 18.3 Å². The van der Waals surface area contributed by atoms with E-state index in [4.69, 9.17) is 33.2 Å². The molecule has 1 aliphatic heterocycles. The molecule has 2 aliphatic rings. The standard InChI is InChI=1S/C34H44N2O14/c1-20(38)44-18-28-30(46-21(2)39)31(47-22(3)40)32(48-23(4)41)34(50-28)49-27-13-12-24(17-37)16-26(27)33(43)36-15-14-35-29(42)19-45-25-10-8-6-5-7-9-11-25/h12-13,16,25,28,30-32,34,37H,5-8,10,14-15,17-19H2,1-4H3,(H,35,42)(H,36,43)/t25?,28-,30-,31+,32-,34-/m1/s1. The van der Waals surface area contributed by atoms with Crippen LogP contribution in [0.15, 0.2) is 18.2 Å². The average molecular weight is 705 g/mol. The molecule has 274 valence electrons. The Morgan fingerprint density at radius 1 is 0.860 bits per heavy atom. The Kier molecular flexibility index (Phi) is 15.9. The topological polar surface area (TPSA) is 211 Å². The van der Waals surface area contributed by atoms with Crippen LogP contribution in [0.25, 0.3) is 0 Å². The highest BCUT2D eigenvalue weighted by molar-refractivity contribution is 5.97. The molecule has 3 N–H and O–H groups in total. The quantitative estimate of drug-likeness (QED) is 0.100. The summed E-state index contributed by atoms with van der Waals surface area (Å²) in [7, 11) is 0. The van der Waals surface area contributed by atoms with Gasteiger partial charge in [0, 0.05) is 47.2 Å². The lowest BCUT2D eigenvalue weighted by Gasteiger charge is -2.44. The molecule has 0 radical (unpaired) electrons. The third-order valence-electron chi connectivity index (χ3n) is 7.34. The van der Waals surface area contributed by atoms with Gasteiger partial charge in [-0.05, 0) is 37.0 Å². The smallest absolute Gasteiger partial charge is 0.303 e. The second-order valence-corrected chi connectivity index (χ2v) is 11.5. The number of aliphatic hydroxyl groups is 1. The molecule has 16 heteroatoms. The zero-order chi connectivity index (χ0) is 36.6. The monoisotopic (exact) mass is 704 g/mol. The fraction of sp³-hybridized carbons (Fsp3) is 0.588. The number of hydrogen-bond donors (Lipinski definition) is 3. The zero-order valence-electron chi connectivity index (χ0n) is 28.5. The minimum absolute atomic E-state index is 0.00957. The Bertz CT molecular complexity index is 1440. The normalized spacial score (nSPS) is 23.0. The van der Waals surface area contributed by atoms with Gasteiger partial charge in [-0.15, -0.1) is 5.92 Å². The van der Waals surface area contributed by atoms with Crippen LogP contribution in [0, 0.1) is 11.8 Å². The molecule has 0 spiro atoms. The Labute approximate surface area is 289 Å². The van der Waals surface area contributed by atoms with Crippen molar-refractivity contribution in [3.63, 3.8) is 0 Å². The molecule has 6 atom stereocenters. The maximum atomic E-state index is 13.4. The number of amides is 2. The van der Waals surface area contributed by atoms with Crippen LogP contribution in [0.2, 0.25) is 0 Å². The lowest BCUT2D eigenvalue weighted by atomic mass is 9.98. The van der Waals surface area contributed by atoms with Crippen molar-refractivity contribution < 1.29 is 67.0 Å². The van der Waals surface area contributed by atoms with E-state index < -0.39 is 73.7 Å². The number of carbonyl (C=O) groups is 6. The van der Waals surface area contributed by atoms with Gasteiger partial charge in [-0.25, -0.2) is 0 Å². The number of benzene rings is 1. The molecule has 3 rings (SSSR count). The molecule has 1 fully saturated rings. The molecule has 1 aliphatic carbocycles. The largest absolute Gasteiger partial charge is 0.463 e. The second-order valence-electron chi connectivity index (χ2n) is 11.5. The van der Waals surface area contributed by atoms with Crippen LogP contribution >= 0.6 is 0 Å². The molecule has 50 heavy (non-hydrogen) atoms.